The maximum absolute atomic E-state index is 12.9. The molecular formula is C22H28BN3O4S2. The molecule has 1 amide bonds. The van der Waals surface area contributed by atoms with Gasteiger partial charge in [0.15, 0.2) is 5.76 Å². The van der Waals surface area contributed by atoms with E-state index in [1.165, 1.54) is 11.3 Å². The number of anilines is 1. The molecule has 1 aliphatic rings. The fourth-order valence-electron chi connectivity index (χ4n) is 3.69. The number of benzene rings is 1. The Hall–Kier alpha value is -2.01. The Labute approximate surface area is 198 Å². The maximum atomic E-state index is 12.9. The molecule has 0 unspecified atom stereocenters. The van der Waals surface area contributed by atoms with E-state index in [0.717, 1.165) is 27.5 Å². The number of hydrogen-bond acceptors (Lipinski definition) is 8. The first-order chi connectivity index (χ1) is 15.0. The summed E-state index contributed by atoms with van der Waals surface area (Å²) in [5, 5.41) is 4.41. The van der Waals surface area contributed by atoms with Crippen LogP contribution in [0.5, 0.6) is 0 Å². The van der Waals surface area contributed by atoms with Crippen LogP contribution in [0.3, 0.4) is 0 Å². The van der Waals surface area contributed by atoms with Crippen LogP contribution < -0.4 is 15.1 Å². The summed E-state index contributed by atoms with van der Waals surface area (Å²) in [6.07, 6.45) is 2.58. The number of amides is 1. The van der Waals surface area contributed by atoms with Gasteiger partial charge in [-0.05, 0) is 40.2 Å². The normalized spacial score (nSPS) is 17.2. The zero-order chi connectivity index (χ0) is 23.4. The van der Waals surface area contributed by atoms with Crippen LogP contribution in [0.4, 0.5) is 5.69 Å². The third-order valence-corrected chi connectivity index (χ3v) is 7.58. The average molecular weight is 473 g/mol. The van der Waals surface area contributed by atoms with E-state index >= 15 is 0 Å². The number of nitrogens with one attached hydrogen (secondary N) is 1. The van der Waals surface area contributed by atoms with Crippen LogP contribution in [0.1, 0.15) is 50.0 Å². The molecule has 3 heterocycles. The number of thiol groups is 1. The van der Waals surface area contributed by atoms with Crippen molar-refractivity contribution in [1.29, 1.82) is 0 Å². The summed E-state index contributed by atoms with van der Waals surface area (Å²) >= 11 is 6.06. The minimum atomic E-state index is -0.611. The number of fused-ring (bicyclic) bond motifs is 1. The lowest BCUT2D eigenvalue weighted by Gasteiger charge is -2.32. The standard InChI is InChI=1S/C22H28BN3O4S2/c1-8-17-25-11-16(32-17)19-18(20(27)24-6)12-9-13(14(26(7)31)10-15(12)28-19)23-29-21(2,3)22(4,5)30-23/h9-11,31H,8H2,1-7H3,(H,24,27). The topological polar surface area (TPSA) is 76.8 Å². The van der Waals surface area contributed by atoms with E-state index in [1.807, 2.05) is 53.8 Å². The van der Waals surface area contributed by atoms with Crippen molar-refractivity contribution in [3.05, 3.63) is 28.9 Å². The summed E-state index contributed by atoms with van der Waals surface area (Å²) in [5.74, 6) is 0.285. The zero-order valence-corrected chi connectivity index (χ0v) is 21.1. The van der Waals surface area contributed by atoms with Gasteiger partial charge in [-0.3, -0.25) is 4.79 Å². The third kappa shape index (κ3) is 3.73. The number of aryl methyl sites for hydroxylation is 1. The highest BCUT2D eigenvalue weighted by atomic mass is 32.1. The average Bonchev–Trinajstić information content (AvgIpc) is 3.39. The minimum Gasteiger partial charge on any atom is -0.454 e. The Kier molecular flexibility index (Phi) is 5.86. The van der Waals surface area contributed by atoms with E-state index < -0.39 is 18.3 Å². The first-order valence-corrected chi connectivity index (χ1v) is 11.8. The molecule has 0 bridgehead atoms. The Bertz CT molecular complexity index is 1170. The number of carbonyl (C=O) groups excluding carboxylic acids is 1. The number of nitrogens with zero attached hydrogens (tertiary/aromatic N) is 2. The van der Waals surface area contributed by atoms with E-state index in [1.54, 1.807) is 17.5 Å². The Morgan fingerprint density at radius 3 is 2.44 bits per heavy atom. The van der Waals surface area contributed by atoms with E-state index in [9.17, 15) is 4.79 Å². The molecular weight excluding hydrogens is 445 g/mol. The maximum Gasteiger partial charge on any atom is 0.497 e. The number of carbonyl (C=O) groups is 1. The van der Waals surface area contributed by atoms with Crippen molar-refractivity contribution in [3.8, 4) is 10.6 Å². The second kappa shape index (κ2) is 8.09. The van der Waals surface area contributed by atoms with Gasteiger partial charge < -0.3 is 23.3 Å². The van der Waals surface area contributed by atoms with Gasteiger partial charge in [-0.15, -0.1) is 11.3 Å². The highest BCUT2D eigenvalue weighted by molar-refractivity contribution is 7.81. The second-order valence-corrected chi connectivity index (χ2v) is 10.6. The molecule has 0 aliphatic carbocycles. The summed E-state index contributed by atoms with van der Waals surface area (Å²) in [6, 6.07) is 3.79. The van der Waals surface area contributed by atoms with Gasteiger partial charge in [0, 0.05) is 42.9 Å². The van der Waals surface area contributed by atoms with Crippen molar-refractivity contribution in [3.63, 3.8) is 0 Å². The van der Waals surface area contributed by atoms with Crippen molar-refractivity contribution in [2.75, 3.05) is 18.4 Å². The number of thiazole rings is 1. The van der Waals surface area contributed by atoms with Crippen molar-refractivity contribution in [2.24, 2.45) is 0 Å². The molecule has 2 aromatic heterocycles. The lowest BCUT2D eigenvalue weighted by Crippen LogP contribution is -2.41. The van der Waals surface area contributed by atoms with Crippen LogP contribution >= 0.6 is 24.2 Å². The number of aromatic nitrogens is 1. The molecule has 170 valence electrons. The molecule has 0 radical (unpaired) electrons. The number of furan rings is 1. The van der Waals surface area contributed by atoms with Crippen molar-refractivity contribution >= 4 is 59.3 Å². The summed E-state index contributed by atoms with van der Waals surface area (Å²) in [7, 11) is 2.83. The SMILES string of the molecule is CCc1ncc(-c2oc3cc(N(C)S)c(B4OC(C)(C)C(C)(C)O4)cc3c2C(=O)NC)s1. The van der Waals surface area contributed by atoms with E-state index in [0.29, 0.717) is 22.3 Å². The largest absolute Gasteiger partial charge is 0.497 e. The smallest absolute Gasteiger partial charge is 0.454 e. The van der Waals surface area contributed by atoms with E-state index in [-0.39, 0.29) is 5.91 Å². The second-order valence-electron chi connectivity index (χ2n) is 8.88. The summed E-state index contributed by atoms with van der Waals surface area (Å²) in [4.78, 5) is 18.2. The number of hydrogen-bond donors (Lipinski definition) is 2. The summed E-state index contributed by atoms with van der Waals surface area (Å²) < 4.78 is 20.5. The molecule has 0 atom stereocenters. The predicted molar refractivity (Wildman–Crippen MR) is 133 cm³/mol. The van der Waals surface area contributed by atoms with Crippen molar-refractivity contribution in [1.82, 2.24) is 10.3 Å². The lowest BCUT2D eigenvalue weighted by atomic mass is 9.77. The Morgan fingerprint density at radius 1 is 1.25 bits per heavy atom. The third-order valence-electron chi connectivity index (χ3n) is 6.23. The molecule has 3 aromatic rings. The van der Waals surface area contributed by atoms with Gasteiger partial charge in [0.2, 0.25) is 0 Å². The van der Waals surface area contributed by atoms with Crippen LogP contribution in [0, 0.1) is 0 Å². The molecule has 10 heteroatoms. The molecule has 1 fully saturated rings. The first-order valence-electron chi connectivity index (χ1n) is 10.5. The van der Waals surface area contributed by atoms with Gasteiger partial charge in [-0.2, -0.15) is 0 Å². The summed E-state index contributed by atoms with van der Waals surface area (Å²) in [5.41, 5.74) is 1.62. The van der Waals surface area contributed by atoms with E-state index in [2.05, 4.69) is 23.1 Å². The molecule has 1 aromatic carbocycles. The van der Waals surface area contributed by atoms with Crippen LogP contribution in [0.15, 0.2) is 22.7 Å². The predicted octanol–water partition coefficient (Wildman–Crippen LogP) is 4.06. The molecule has 32 heavy (non-hydrogen) atoms. The van der Waals surface area contributed by atoms with E-state index in [4.69, 9.17) is 13.7 Å². The summed E-state index contributed by atoms with van der Waals surface area (Å²) in [6.45, 7) is 10.1. The molecule has 0 spiro atoms. The van der Waals surface area contributed by atoms with Crippen LogP contribution in [0.2, 0.25) is 0 Å². The van der Waals surface area contributed by atoms with Gasteiger partial charge in [0.25, 0.3) is 5.91 Å². The van der Waals surface area contributed by atoms with Gasteiger partial charge in [-0.1, -0.05) is 19.7 Å². The van der Waals surface area contributed by atoms with Crippen LogP contribution in [-0.2, 0) is 15.7 Å². The van der Waals surface area contributed by atoms with Gasteiger partial charge >= 0.3 is 7.12 Å². The van der Waals surface area contributed by atoms with Gasteiger partial charge in [-0.25, -0.2) is 4.98 Å². The first kappa shape index (κ1) is 23.2. The van der Waals surface area contributed by atoms with Gasteiger partial charge in [0.05, 0.1) is 26.7 Å². The quantitative estimate of drug-likeness (QED) is 0.430. The van der Waals surface area contributed by atoms with Gasteiger partial charge in [0.1, 0.15) is 5.58 Å². The van der Waals surface area contributed by atoms with Crippen LogP contribution in [-0.4, -0.2) is 43.3 Å². The molecule has 1 aliphatic heterocycles. The molecule has 1 N–H and O–H groups in total. The fraction of sp³-hybridized carbons (Fsp3) is 0.455. The highest BCUT2D eigenvalue weighted by Crippen LogP contribution is 2.40. The van der Waals surface area contributed by atoms with Crippen LogP contribution in [0.25, 0.3) is 21.6 Å². The Balaban J connectivity index is 1.94. The van der Waals surface area contributed by atoms with Crippen molar-refractivity contribution in [2.45, 2.75) is 52.2 Å². The molecule has 0 saturated carbocycles. The molecule has 4 rings (SSSR count). The Morgan fingerprint density at radius 2 is 1.91 bits per heavy atom. The minimum absolute atomic E-state index is 0.225. The molecule has 7 nitrogen and oxygen atoms in total. The fourth-order valence-corrected chi connectivity index (χ4v) is 4.71. The highest BCUT2D eigenvalue weighted by Gasteiger charge is 2.52. The van der Waals surface area contributed by atoms with Crippen molar-refractivity contribution < 1.29 is 18.5 Å². The zero-order valence-electron chi connectivity index (χ0n) is 19.4. The monoisotopic (exact) mass is 473 g/mol. The molecule has 1 saturated heterocycles. The lowest BCUT2D eigenvalue weighted by molar-refractivity contribution is 0.00578. The number of rotatable bonds is 5.